The normalized spacial score (nSPS) is 12.0. The van der Waals surface area contributed by atoms with Crippen molar-refractivity contribution in [2.24, 2.45) is 0 Å². The molecule has 2 rings (SSSR count). The third-order valence-electron chi connectivity index (χ3n) is 3.77. The Labute approximate surface area is 135 Å². The third kappa shape index (κ3) is 3.23. The second-order valence-electron chi connectivity index (χ2n) is 5.17. The first kappa shape index (κ1) is 17.8. The highest BCUT2D eigenvalue weighted by Gasteiger charge is 2.46. The van der Waals surface area contributed by atoms with E-state index in [0.29, 0.717) is 22.0 Å². The standard InChI is InChI=1S/C15H21N2O5P/c1-4-5-6-11-14-15(23(20,21-2)22-3)17(19)13-10-8-7-9-12(13)16(14)18/h7-10H,4-6,11H2,1-3H3. The van der Waals surface area contributed by atoms with Crippen LogP contribution in [0.2, 0.25) is 0 Å². The first-order valence-corrected chi connectivity index (χ1v) is 9.03. The molecule has 0 aliphatic heterocycles. The fraction of sp³-hybridized carbons (Fsp3) is 0.467. The first-order valence-electron chi connectivity index (χ1n) is 7.49. The Kier molecular flexibility index (Phi) is 5.70. The maximum absolute atomic E-state index is 12.8. The number of hydrogen-bond acceptors (Lipinski definition) is 5. The summed E-state index contributed by atoms with van der Waals surface area (Å²) in [5.74, 6) is 0. The fourth-order valence-corrected chi connectivity index (χ4v) is 3.89. The van der Waals surface area contributed by atoms with Gasteiger partial charge in [-0.3, -0.25) is 0 Å². The average Bonchev–Trinajstić information content (AvgIpc) is 2.59. The van der Waals surface area contributed by atoms with E-state index in [2.05, 4.69) is 0 Å². The maximum Gasteiger partial charge on any atom is 0.444 e. The molecule has 0 bridgehead atoms. The molecule has 0 radical (unpaired) electrons. The van der Waals surface area contributed by atoms with Crippen LogP contribution in [0, 0.1) is 10.1 Å². The maximum atomic E-state index is 12.8. The van der Waals surface area contributed by atoms with E-state index in [1.807, 2.05) is 6.92 Å². The van der Waals surface area contributed by atoms with Gasteiger partial charge in [0.2, 0.25) is 0 Å². The molecule has 8 heteroatoms. The molecule has 0 atom stereocenters. The smallest absolute Gasteiger partial charge is 0.444 e. The molecule has 0 fully saturated rings. The number of aromatic nitrogens is 2. The summed E-state index contributed by atoms with van der Waals surface area (Å²) in [5.41, 5.74) is 0.272. The van der Waals surface area contributed by atoms with Crippen LogP contribution < -0.4 is 14.8 Å². The number of nitrogens with zero attached hydrogens (tertiary/aromatic N) is 2. The number of hydrogen-bond donors (Lipinski definition) is 0. The molecule has 0 saturated carbocycles. The van der Waals surface area contributed by atoms with Crippen LogP contribution in [0.3, 0.4) is 0 Å². The Bertz CT molecular complexity index is 742. The van der Waals surface area contributed by atoms with E-state index in [4.69, 9.17) is 9.05 Å². The monoisotopic (exact) mass is 340 g/mol. The minimum absolute atomic E-state index is 0.131. The molecule has 0 aliphatic rings. The fourth-order valence-electron chi connectivity index (χ4n) is 2.55. The lowest BCUT2D eigenvalue weighted by Crippen LogP contribution is -2.47. The Morgan fingerprint density at radius 2 is 1.87 bits per heavy atom. The van der Waals surface area contributed by atoms with E-state index < -0.39 is 7.94 Å². The quantitative estimate of drug-likeness (QED) is 0.434. The van der Waals surface area contributed by atoms with Gasteiger partial charge in [-0.1, -0.05) is 31.9 Å². The molecule has 0 amide bonds. The van der Waals surface area contributed by atoms with Crippen molar-refractivity contribution in [2.75, 3.05) is 14.2 Å². The highest BCUT2D eigenvalue weighted by Crippen LogP contribution is 2.49. The van der Waals surface area contributed by atoms with Crippen LogP contribution in [-0.4, -0.2) is 19.0 Å². The minimum Gasteiger partial charge on any atom is -0.805 e. The summed E-state index contributed by atoms with van der Waals surface area (Å²) >= 11 is 0. The molecular formula is C15H21N2O5P. The molecule has 1 aromatic heterocycles. The lowest BCUT2D eigenvalue weighted by molar-refractivity contribution is -0.448. The number of unbranched alkanes of at least 4 members (excludes halogenated alkanes) is 2. The van der Waals surface area contributed by atoms with Crippen LogP contribution in [0.5, 0.6) is 0 Å². The Morgan fingerprint density at radius 1 is 1.22 bits per heavy atom. The van der Waals surface area contributed by atoms with Gasteiger partial charge in [-0.2, -0.15) is 0 Å². The summed E-state index contributed by atoms with van der Waals surface area (Å²) in [7, 11) is -1.46. The molecule has 0 saturated heterocycles. The third-order valence-corrected chi connectivity index (χ3v) is 5.69. The van der Waals surface area contributed by atoms with E-state index in [1.54, 1.807) is 18.2 Å². The van der Waals surface area contributed by atoms with Crippen LogP contribution in [0.1, 0.15) is 31.9 Å². The highest BCUT2D eigenvalue weighted by molar-refractivity contribution is 7.66. The van der Waals surface area contributed by atoms with E-state index in [1.165, 1.54) is 20.3 Å². The predicted octanol–water partition coefficient (Wildman–Crippen LogP) is 1.68. The van der Waals surface area contributed by atoms with Gasteiger partial charge < -0.3 is 14.8 Å². The first-order chi connectivity index (χ1) is 11.0. The van der Waals surface area contributed by atoms with Gasteiger partial charge in [-0.15, -0.1) is 0 Å². The Morgan fingerprint density at radius 3 is 2.48 bits per heavy atom. The molecule has 1 heterocycles. The van der Waals surface area contributed by atoms with Crippen molar-refractivity contribution in [3.63, 3.8) is 0 Å². The lowest BCUT2D eigenvalue weighted by atomic mass is 10.1. The van der Waals surface area contributed by atoms with Crippen molar-refractivity contribution in [3.05, 3.63) is 40.1 Å². The number of fused-ring (bicyclic) bond motifs is 1. The van der Waals surface area contributed by atoms with Gasteiger partial charge in [-0.25, -0.2) is 9.05 Å². The zero-order chi connectivity index (χ0) is 17.0. The van der Waals surface area contributed by atoms with Gasteiger partial charge in [0.25, 0.3) is 5.52 Å². The van der Waals surface area contributed by atoms with Crippen molar-refractivity contribution in [1.82, 2.24) is 4.73 Å². The van der Waals surface area contributed by atoms with Gasteiger partial charge >= 0.3 is 13.4 Å². The summed E-state index contributed by atoms with van der Waals surface area (Å²) in [6.07, 6.45) is 2.90. The SMILES string of the molecule is CCCCCc1c([P+]([O-])(OC)OC)[n+](=O)c2ccccc2n1[O-]. The van der Waals surface area contributed by atoms with Crippen LogP contribution in [-0.2, 0) is 15.5 Å². The number of benzene rings is 1. The van der Waals surface area contributed by atoms with E-state index in [-0.39, 0.29) is 22.2 Å². The van der Waals surface area contributed by atoms with Crippen molar-refractivity contribution in [1.29, 1.82) is 0 Å². The van der Waals surface area contributed by atoms with Gasteiger partial charge in [0, 0.05) is 11.0 Å². The molecule has 0 N–H and O–H groups in total. The van der Waals surface area contributed by atoms with Gasteiger partial charge in [0.05, 0.1) is 14.2 Å². The van der Waals surface area contributed by atoms with Gasteiger partial charge in [0.1, 0.15) is 15.6 Å². The van der Waals surface area contributed by atoms with Crippen LogP contribution in [0.4, 0.5) is 0 Å². The van der Waals surface area contributed by atoms with E-state index in [9.17, 15) is 15.0 Å². The second kappa shape index (κ2) is 7.36. The minimum atomic E-state index is -3.86. The molecule has 1 aromatic carbocycles. The summed E-state index contributed by atoms with van der Waals surface area (Å²) in [5, 5.41) is 12.7. The predicted molar refractivity (Wildman–Crippen MR) is 87.9 cm³/mol. The van der Waals surface area contributed by atoms with Gasteiger partial charge in [0.15, 0.2) is 0 Å². The number of rotatable bonds is 7. The summed E-state index contributed by atoms with van der Waals surface area (Å²) in [6, 6.07) is 6.39. The van der Waals surface area contributed by atoms with Crippen molar-refractivity contribution < 1.29 is 18.4 Å². The number of para-hydroxylation sites is 2. The molecule has 126 valence electrons. The molecule has 7 nitrogen and oxygen atoms in total. The summed E-state index contributed by atoms with van der Waals surface area (Å²) in [4.78, 5) is 25.5. The lowest BCUT2D eigenvalue weighted by Gasteiger charge is -2.24. The zero-order valence-electron chi connectivity index (χ0n) is 13.5. The molecular weight excluding hydrogens is 319 g/mol. The Balaban J connectivity index is 2.77. The van der Waals surface area contributed by atoms with Crippen LogP contribution in [0.15, 0.2) is 24.3 Å². The average molecular weight is 340 g/mol. The van der Waals surface area contributed by atoms with Crippen molar-refractivity contribution in [3.8, 4) is 0 Å². The van der Waals surface area contributed by atoms with Crippen LogP contribution >= 0.6 is 7.94 Å². The Hall–Kier alpha value is -1.53. The summed E-state index contributed by atoms with van der Waals surface area (Å²) < 4.78 is 11.1. The molecule has 0 unspecified atom stereocenters. The van der Waals surface area contributed by atoms with Crippen LogP contribution in [0.25, 0.3) is 11.0 Å². The van der Waals surface area contributed by atoms with Crippen molar-refractivity contribution in [2.45, 2.75) is 32.6 Å². The molecule has 0 spiro atoms. The largest absolute Gasteiger partial charge is 0.805 e. The highest BCUT2D eigenvalue weighted by atomic mass is 31.2. The molecule has 23 heavy (non-hydrogen) atoms. The topological polar surface area (TPSA) is 92.5 Å². The zero-order valence-corrected chi connectivity index (χ0v) is 14.4. The molecule has 2 aromatic rings. The van der Waals surface area contributed by atoms with E-state index in [0.717, 1.165) is 12.8 Å². The van der Waals surface area contributed by atoms with Gasteiger partial charge in [-0.05, 0) is 18.9 Å². The van der Waals surface area contributed by atoms with E-state index >= 15 is 0 Å². The second-order valence-corrected chi connectivity index (χ2v) is 7.32. The molecule has 0 aliphatic carbocycles. The van der Waals surface area contributed by atoms with Crippen molar-refractivity contribution >= 4 is 24.4 Å². The summed E-state index contributed by atoms with van der Waals surface area (Å²) in [6.45, 7) is 2.04.